The Morgan fingerprint density at radius 1 is 1.13 bits per heavy atom. The van der Waals surface area contributed by atoms with E-state index in [0.717, 1.165) is 26.1 Å². The number of aromatic nitrogens is 5. The number of rotatable bonds is 4. The normalized spacial score (nSPS) is 17.2. The Morgan fingerprint density at radius 3 is 2.43 bits per heavy atom. The first kappa shape index (κ1) is 20.4. The molecule has 30 heavy (non-hydrogen) atoms. The molecule has 0 radical (unpaired) electrons. The standard InChI is InChI=1S/C18H15F6N5O/c1-16(2,18(22,23)24)30-15-11(19)5-9(8-25-15)12-3-4-13-26-27-14(29(13)28-12)10-6-17(20,21)7-10/h3-5,8,10H,6-7H2,1-2H3. The summed E-state index contributed by atoms with van der Waals surface area (Å²) in [7, 11) is 0. The minimum absolute atomic E-state index is 0.158. The second-order valence-corrected chi connectivity index (χ2v) is 7.63. The predicted octanol–water partition coefficient (Wildman–Crippen LogP) is 4.56. The lowest BCUT2D eigenvalue weighted by atomic mass is 9.81. The molecular formula is C18H15F6N5O. The van der Waals surface area contributed by atoms with Crippen molar-refractivity contribution < 1.29 is 31.1 Å². The number of hydrogen-bond acceptors (Lipinski definition) is 5. The average Bonchev–Trinajstić information content (AvgIpc) is 3.03. The molecule has 3 aromatic rings. The Labute approximate surface area is 165 Å². The molecule has 0 aliphatic heterocycles. The molecule has 12 heteroatoms. The van der Waals surface area contributed by atoms with Crippen molar-refractivity contribution in [2.75, 3.05) is 0 Å². The van der Waals surface area contributed by atoms with Gasteiger partial charge in [-0.3, -0.25) is 0 Å². The summed E-state index contributed by atoms with van der Waals surface area (Å²) in [4.78, 5) is 3.65. The summed E-state index contributed by atoms with van der Waals surface area (Å²) in [5.74, 6) is -4.90. The first-order valence-corrected chi connectivity index (χ1v) is 8.88. The molecule has 0 amide bonds. The monoisotopic (exact) mass is 431 g/mol. The molecule has 0 unspecified atom stereocenters. The second-order valence-electron chi connectivity index (χ2n) is 7.63. The third-order valence-electron chi connectivity index (χ3n) is 4.88. The highest BCUT2D eigenvalue weighted by Gasteiger charge is 2.50. The fraction of sp³-hybridized carbons (Fsp3) is 0.444. The van der Waals surface area contributed by atoms with E-state index in [1.807, 2.05) is 0 Å². The molecule has 3 aromatic heterocycles. The van der Waals surface area contributed by atoms with E-state index in [2.05, 4.69) is 20.3 Å². The number of ether oxygens (including phenoxy) is 1. The van der Waals surface area contributed by atoms with E-state index in [4.69, 9.17) is 4.74 Å². The van der Waals surface area contributed by atoms with Crippen LogP contribution in [0.2, 0.25) is 0 Å². The Kier molecular flexibility index (Phi) is 4.44. The maximum atomic E-state index is 14.4. The number of alkyl halides is 5. The highest BCUT2D eigenvalue weighted by atomic mass is 19.4. The summed E-state index contributed by atoms with van der Waals surface area (Å²) >= 11 is 0. The second kappa shape index (κ2) is 6.54. The lowest BCUT2D eigenvalue weighted by Gasteiger charge is -2.33. The topological polar surface area (TPSA) is 65.2 Å². The van der Waals surface area contributed by atoms with Crippen LogP contribution in [-0.4, -0.2) is 42.5 Å². The van der Waals surface area contributed by atoms with E-state index >= 15 is 0 Å². The third kappa shape index (κ3) is 3.54. The zero-order valence-electron chi connectivity index (χ0n) is 15.7. The smallest absolute Gasteiger partial charge is 0.427 e. The number of pyridine rings is 1. The number of fused-ring (bicyclic) bond motifs is 1. The highest BCUT2D eigenvalue weighted by molar-refractivity contribution is 5.59. The van der Waals surface area contributed by atoms with Gasteiger partial charge in [0.05, 0.1) is 5.69 Å². The van der Waals surface area contributed by atoms with Crippen LogP contribution >= 0.6 is 0 Å². The van der Waals surface area contributed by atoms with Crippen LogP contribution in [0.25, 0.3) is 16.9 Å². The quantitative estimate of drug-likeness (QED) is 0.567. The van der Waals surface area contributed by atoms with Crippen LogP contribution in [0.1, 0.15) is 38.4 Å². The largest absolute Gasteiger partial charge is 0.460 e. The highest BCUT2D eigenvalue weighted by Crippen LogP contribution is 2.47. The molecule has 0 atom stereocenters. The fourth-order valence-electron chi connectivity index (χ4n) is 3.00. The maximum Gasteiger partial charge on any atom is 0.427 e. The Morgan fingerprint density at radius 2 is 1.83 bits per heavy atom. The molecular weight excluding hydrogens is 416 g/mol. The molecule has 0 N–H and O–H groups in total. The molecule has 1 aliphatic rings. The molecule has 0 saturated heterocycles. The molecule has 6 nitrogen and oxygen atoms in total. The third-order valence-corrected chi connectivity index (χ3v) is 4.88. The molecule has 0 spiro atoms. The Bertz CT molecular complexity index is 1100. The molecule has 3 heterocycles. The van der Waals surface area contributed by atoms with E-state index in [0.29, 0.717) is 5.65 Å². The van der Waals surface area contributed by atoms with E-state index < -0.39 is 35.3 Å². The first-order chi connectivity index (χ1) is 13.9. The fourth-order valence-corrected chi connectivity index (χ4v) is 3.00. The van der Waals surface area contributed by atoms with Gasteiger partial charge in [0.25, 0.3) is 5.88 Å². The lowest BCUT2D eigenvalue weighted by molar-refractivity contribution is -0.235. The molecule has 1 fully saturated rings. The SMILES string of the molecule is CC(C)(Oc1ncc(-c2ccc3nnc(C4CC(F)(F)C4)n3n2)cc1F)C(F)(F)F. The lowest BCUT2D eigenvalue weighted by Crippen LogP contribution is -2.45. The molecule has 0 aromatic carbocycles. The summed E-state index contributed by atoms with van der Waals surface area (Å²) in [6.07, 6.45) is -4.34. The summed E-state index contributed by atoms with van der Waals surface area (Å²) in [5.41, 5.74) is -1.95. The summed E-state index contributed by atoms with van der Waals surface area (Å²) < 4.78 is 85.6. The molecule has 1 saturated carbocycles. The zero-order valence-corrected chi connectivity index (χ0v) is 15.7. The van der Waals surface area contributed by atoms with Gasteiger partial charge in [0, 0.05) is 30.5 Å². The van der Waals surface area contributed by atoms with Crippen molar-refractivity contribution in [1.29, 1.82) is 0 Å². The number of halogens is 6. The van der Waals surface area contributed by atoms with Gasteiger partial charge in [-0.25, -0.2) is 18.2 Å². The van der Waals surface area contributed by atoms with Gasteiger partial charge in [0.2, 0.25) is 5.92 Å². The van der Waals surface area contributed by atoms with Gasteiger partial charge < -0.3 is 4.74 Å². The van der Waals surface area contributed by atoms with Crippen molar-refractivity contribution in [3.63, 3.8) is 0 Å². The van der Waals surface area contributed by atoms with Crippen LogP contribution in [-0.2, 0) is 0 Å². The number of hydrogen-bond donors (Lipinski definition) is 0. The summed E-state index contributed by atoms with van der Waals surface area (Å²) in [6.45, 7) is 1.52. The van der Waals surface area contributed by atoms with Gasteiger partial charge in [-0.15, -0.1) is 10.2 Å². The van der Waals surface area contributed by atoms with Crippen LogP contribution in [0, 0.1) is 5.82 Å². The van der Waals surface area contributed by atoms with Crippen molar-refractivity contribution in [3.05, 3.63) is 36.0 Å². The van der Waals surface area contributed by atoms with Crippen molar-refractivity contribution in [1.82, 2.24) is 24.8 Å². The summed E-state index contributed by atoms with van der Waals surface area (Å²) in [5, 5.41) is 12.1. The Hall–Kier alpha value is -2.92. The van der Waals surface area contributed by atoms with Crippen LogP contribution in [0.5, 0.6) is 5.88 Å². The minimum atomic E-state index is -4.73. The molecule has 4 rings (SSSR count). The van der Waals surface area contributed by atoms with Crippen molar-refractivity contribution in [3.8, 4) is 17.1 Å². The van der Waals surface area contributed by atoms with Gasteiger partial charge in [0.15, 0.2) is 22.9 Å². The Balaban J connectivity index is 1.63. The molecule has 1 aliphatic carbocycles. The van der Waals surface area contributed by atoms with Gasteiger partial charge in [-0.2, -0.15) is 22.8 Å². The van der Waals surface area contributed by atoms with E-state index in [9.17, 15) is 26.3 Å². The maximum absolute atomic E-state index is 14.4. The van der Waals surface area contributed by atoms with Crippen LogP contribution < -0.4 is 4.74 Å². The molecule has 0 bridgehead atoms. The van der Waals surface area contributed by atoms with Gasteiger partial charge >= 0.3 is 6.18 Å². The van der Waals surface area contributed by atoms with Gasteiger partial charge in [-0.05, 0) is 32.0 Å². The van der Waals surface area contributed by atoms with Crippen molar-refractivity contribution in [2.24, 2.45) is 0 Å². The first-order valence-electron chi connectivity index (χ1n) is 8.88. The zero-order chi connectivity index (χ0) is 21.9. The van der Waals surface area contributed by atoms with Crippen LogP contribution in [0.15, 0.2) is 24.4 Å². The van der Waals surface area contributed by atoms with Gasteiger partial charge in [-0.1, -0.05) is 0 Å². The van der Waals surface area contributed by atoms with E-state index in [-0.39, 0.29) is 29.9 Å². The summed E-state index contributed by atoms with van der Waals surface area (Å²) in [6, 6.07) is 3.94. The number of nitrogens with zero attached hydrogens (tertiary/aromatic N) is 5. The van der Waals surface area contributed by atoms with Crippen molar-refractivity contribution >= 4 is 5.65 Å². The van der Waals surface area contributed by atoms with Crippen LogP contribution in [0.4, 0.5) is 26.3 Å². The van der Waals surface area contributed by atoms with E-state index in [1.54, 1.807) is 0 Å². The average molecular weight is 431 g/mol. The molecule has 160 valence electrons. The minimum Gasteiger partial charge on any atom is -0.460 e. The van der Waals surface area contributed by atoms with Crippen molar-refractivity contribution in [2.45, 2.75) is 50.3 Å². The van der Waals surface area contributed by atoms with Gasteiger partial charge in [0.1, 0.15) is 0 Å². The van der Waals surface area contributed by atoms with E-state index in [1.165, 1.54) is 16.6 Å². The van der Waals surface area contributed by atoms with Crippen LogP contribution in [0.3, 0.4) is 0 Å². The predicted molar refractivity (Wildman–Crippen MR) is 91.7 cm³/mol.